The number of halogens is 1. The van der Waals surface area contributed by atoms with E-state index in [2.05, 4.69) is 65.4 Å². The summed E-state index contributed by atoms with van der Waals surface area (Å²) >= 11 is 3.51. The van der Waals surface area contributed by atoms with Crippen molar-refractivity contribution in [3.8, 4) is 5.75 Å². The molecule has 2 aromatic rings. The Labute approximate surface area is 134 Å². The normalized spacial score (nSPS) is 18.1. The van der Waals surface area contributed by atoms with Crippen LogP contribution in [-0.4, -0.2) is 12.6 Å². The lowest BCUT2D eigenvalue weighted by atomic mass is 10.1. The Hall–Kier alpha value is -1.32. The molecule has 0 saturated heterocycles. The fourth-order valence-electron chi connectivity index (χ4n) is 2.77. The predicted octanol–water partition coefficient (Wildman–Crippen LogP) is 4.41. The molecule has 1 aliphatic rings. The van der Waals surface area contributed by atoms with E-state index < -0.39 is 0 Å². The quantitative estimate of drug-likeness (QED) is 0.885. The van der Waals surface area contributed by atoms with Crippen LogP contribution in [0.1, 0.15) is 29.7 Å². The predicted molar refractivity (Wildman–Crippen MR) is 89.9 cm³/mol. The van der Waals surface area contributed by atoms with Crippen molar-refractivity contribution in [3.05, 3.63) is 63.6 Å². The zero-order chi connectivity index (χ0) is 14.8. The molecule has 0 aliphatic carbocycles. The van der Waals surface area contributed by atoms with Crippen molar-refractivity contribution in [2.45, 2.75) is 32.4 Å². The van der Waals surface area contributed by atoms with Gasteiger partial charge in [-0.1, -0.05) is 45.8 Å². The molecule has 21 heavy (non-hydrogen) atoms. The van der Waals surface area contributed by atoms with Crippen molar-refractivity contribution in [1.82, 2.24) is 5.32 Å². The van der Waals surface area contributed by atoms with E-state index in [4.69, 9.17) is 4.74 Å². The van der Waals surface area contributed by atoms with Gasteiger partial charge >= 0.3 is 0 Å². The van der Waals surface area contributed by atoms with E-state index in [1.165, 1.54) is 16.7 Å². The minimum atomic E-state index is 0.224. The number of nitrogens with one attached hydrogen (secondary N) is 1. The number of rotatable bonds is 4. The number of aryl methyl sites for hydroxylation is 1. The molecule has 0 radical (unpaired) electrons. The molecular formula is C18H20BrNO. The first-order valence-electron chi connectivity index (χ1n) is 7.37. The van der Waals surface area contributed by atoms with Crippen LogP contribution in [0.2, 0.25) is 0 Å². The summed E-state index contributed by atoms with van der Waals surface area (Å²) in [7, 11) is 0. The third kappa shape index (κ3) is 3.47. The Morgan fingerprint density at radius 1 is 1.29 bits per heavy atom. The molecule has 2 nitrogen and oxygen atoms in total. The second kappa shape index (κ2) is 6.20. The monoisotopic (exact) mass is 345 g/mol. The van der Waals surface area contributed by atoms with Gasteiger partial charge in [-0.3, -0.25) is 0 Å². The van der Waals surface area contributed by atoms with Gasteiger partial charge in [0.25, 0.3) is 0 Å². The molecular weight excluding hydrogens is 326 g/mol. The molecule has 1 N–H and O–H groups in total. The molecule has 0 saturated carbocycles. The fraction of sp³-hybridized carbons (Fsp3) is 0.333. The maximum Gasteiger partial charge on any atom is 0.123 e. The van der Waals surface area contributed by atoms with Crippen molar-refractivity contribution in [2.24, 2.45) is 0 Å². The third-order valence-corrected chi connectivity index (χ3v) is 4.45. The van der Waals surface area contributed by atoms with Gasteiger partial charge in [0.15, 0.2) is 0 Å². The summed E-state index contributed by atoms with van der Waals surface area (Å²) in [6.45, 7) is 5.19. The summed E-state index contributed by atoms with van der Waals surface area (Å²) in [4.78, 5) is 0. The topological polar surface area (TPSA) is 21.3 Å². The number of benzene rings is 2. The van der Waals surface area contributed by atoms with Crippen LogP contribution in [0.25, 0.3) is 0 Å². The smallest absolute Gasteiger partial charge is 0.123 e. The summed E-state index contributed by atoms with van der Waals surface area (Å²) in [5, 5.41) is 3.58. The van der Waals surface area contributed by atoms with Gasteiger partial charge in [-0.05, 0) is 43.2 Å². The molecule has 1 unspecified atom stereocenters. The van der Waals surface area contributed by atoms with Crippen LogP contribution in [0.3, 0.4) is 0 Å². The zero-order valence-corrected chi connectivity index (χ0v) is 14.0. The highest BCUT2D eigenvalue weighted by Gasteiger charge is 2.23. The highest BCUT2D eigenvalue weighted by molar-refractivity contribution is 9.10. The number of hydrogen-bond acceptors (Lipinski definition) is 2. The zero-order valence-electron chi connectivity index (χ0n) is 12.4. The average molecular weight is 346 g/mol. The Morgan fingerprint density at radius 2 is 2.14 bits per heavy atom. The van der Waals surface area contributed by atoms with Crippen molar-refractivity contribution >= 4 is 15.9 Å². The van der Waals surface area contributed by atoms with E-state index in [1.54, 1.807) is 0 Å². The molecule has 2 atom stereocenters. The van der Waals surface area contributed by atoms with Crippen LogP contribution in [0.15, 0.2) is 46.9 Å². The lowest BCUT2D eigenvalue weighted by molar-refractivity contribution is 0.222. The van der Waals surface area contributed by atoms with Gasteiger partial charge in [-0.15, -0.1) is 0 Å². The molecule has 1 heterocycles. The molecule has 3 heteroatoms. The van der Waals surface area contributed by atoms with E-state index in [1.807, 2.05) is 12.1 Å². The minimum Gasteiger partial charge on any atom is -0.488 e. The maximum atomic E-state index is 5.99. The van der Waals surface area contributed by atoms with Crippen LogP contribution in [0.4, 0.5) is 0 Å². The summed E-state index contributed by atoms with van der Waals surface area (Å²) in [6, 6.07) is 15.2. The number of hydrogen-bond donors (Lipinski definition) is 1. The highest BCUT2D eigenvalue weighted by atomic mass is 79.9. The van der Waals surface area contributed by atoms with E-state index in [0.29, 0.717) is 6.04 Å². The number of ether oxygens (including phenoxy) is 1. The summed E-state index contributed by atoms with van der Waals surface area (Å²) < 4.78 is 7.11. The first-order valence-corrected chi connectivity index (χ1v) is 8.16. The van der Waals surface area contributed by atoms with Gasteiger partial charge in [-0.25, -0.2) is 0 Å². The van der Waals surface area contributed by atoms with E-state index in [0.717, 1.165) is 23.2 Å². The lowest BCUT2D eigenvalue weighted by Crippen LogP contribution is -2.31. The SMILES string of the molecule is Cc1cccc([C@H](C)NCC2Cc3cc(Br)ccc3O2)c1. The second-order valence-corrected chi connectivity index (χ2v) is 6.66. The van der Waals surface area contributed by atoms with Crippen LogP contribution in [-0.2, 0) is 6.42 Å². The van der Waals surface area contributed by atoms with Crippen LogP contribution in [0, 0.1) is 6.92 Å². The molecule has 110 valence electrons. The van der Waals surface area contributed by atoms with Crippen LogP contribution >= 0.6 is 15.9 Å². The summed E-state index contributed by atoms with van der Waals surface area (Å²) in [5.74, 6) is 1.02. The molecule has 0 spiro atoms. The van der Waals surface area contributed by atoms with Crippen LogP contribution in [0.5, 0.6) is 5.75 Å². The lowest BCUT2D eigenvalue weighted by Gasteiger charge is -2.18. The Kier molecular flexibility index (Phi) is 4.32. The Balaban J connectivity index is 1.57. The van der Waals surface area contributed by atoms with Crippen molar-refractivity contribution in [2.75, 3.05) is 6.54 Å². The van der Waals surface area contributed by atoms with Crippen molar-refractivity contribution in [1.29, 1.82) is 0 Å². The molecule has 0 bridgehead atoms. The van der Waals surface area contributed by atoms with Gasteiger partial charge < -0.3 is 10.1 Å². The van der Waals surface area contributed by atoms with Crippen LogP contribution < -0.4 is 10.1 Å². The summed E-state index contributed by atoms with van der Waals surface area (Å²) in [5.41, 5.74) is 3.92. The fourth-order valence-corrected chi connectivity index (χ4v) is 3.18. The van der Waals surface area contributed by atoms with E-state index >= 15 is 0 Å². The first-order chi connectivity index (χ1) is 10.1. The molecule has 0 aromatic heterocycles. The Bertz CT molecular complexity index is 641. The van der Waals surface area contributed by atoms with E-state index in [9.17, 15) is 0 Å². The molecule has 3 rings (SSSR count). The minimum absolute atomic E-state index is 0.224. The van der Waals surface area contributed by atoms with Crippen molar-refractivity contribution < 1.29 is 4.74 Å². The molecule has 0 fully saturated rings. The maximum absolute atomic E-state index is 5.99. The van der Waals surface area contributed by atoms with Gasteiger partial charge in [-0.2, -0.15) is 0 Å². The van der Waals surface area contributed by atoms with Gasteiger partial charge in [0.05, 0.1) is 0 Å². The second-order valence-electron chi connectivity index (χ2n) is 5.74. The summed E-state index contributed by atoms with van der Waals surface area (Å²) in [6.07, 6.45) is 1.20. The molecule has 1 aliphatic heterocycles. The highest BCUT2D eigenvalue weighted by Crippen LogP contribution is 2.31. The largest absolute Gasteiger partial charge is 0.488 e. The first kappa shape index (κ1) is 14.6. The molecule has 2 aromatic carbocycles. The number of fused-ring (bicyclic) bond motifs is 1. The van der Waals surface area contributed by atoms with E-state index in [-0.39, 0.29) is 6.10 Å². The van der Waals surface area contributed by atoms with Gasteiger partial charge in [0.1, 0.15) is 11.9 Å². The van der Waals surface area contributed by atoms with Gasteiger partial charge in [0.2, 0.25) is 0 Å². The third-order valence-electron chi connectivity index (χ3n) is 3.96. The van der Waals surface area contributed by atoms with Crippen molar-refractivity contribution in [3.63, 3.8) is 0 Å². The van der Waals surface area contributed by atoms with Gasteiger partial charge in [0, 0.05) is 23.5 Å². The Morgan fingerprint density at radius 3 is 2.95 bits per heavy atom. The average Bonchev–Trinajstić information content (AvgIpc) is 2.86. The standard InChI is InChI=1S/C18H20BrNO/c1-12-4-3-5-14(8-12)13(2)20-11-17-10-15-9-16(19)6-7-18(15)21-17/h3-9,13,17,20H,10-11H2,1-2H3/t13-,17?/m0/s1. The molecule has 0 amide bonds.